The highest BCUT2D eigenvalue weighted by Gasteiger charge is 2.17. The van der Waals surface area contributed by atoms with E-state index in [9.17, 15) is 13.2 Å². The summed E-state index contributed by atoms with van der Waals surface area (Å²) in [6.07, 6.45) is 0. The lowest BCUT2D eigenvalue weighted by atomic mass is 10.2. The van der Waals surface area contributed by atoms with Gasteiger partial charge in [0.1, 0.15) is 0 Å². The Morgan fingerprint density at radius 2 is 1.86 bits per heavy atom. The van der Waals surface area contributed by atoms with Crippen LogP contribution in [0.5, 0.6) is 0 Å². The third kappa shape index (κ3) is 4.40. The van der Waals surface area contributed by atoms with E-state index < -0.39 is 15.9 Å². The molecule has 0 saturated heterocycles. The predicted octanol–water partition coefficient (Wildman–Crippen LogP) is 2.67. The molecule has 0 atom stereocenters. The average molecular weight is 383 g/mol. The van der Waals surface area contributed by atoms with Gasteiger partial charge in [-0.3, -0.25) is 4.79 Å². The van der Waals surface area contributed by atoms with Crippen molar-refractivity contribution in [3.63, 3.8) is 0 Å². The number of aryl methyl sites for hydroxylation is 1. The van der Waals surface area contributed by atoms with E-state index in [1.165, 1.54) is 6.07 Å². The number of rotatable bonds is 5. The Morgan fingerprint density at radius 3 is 2.55 bits per heavy atom. The molecule has 0 aliphatic heterocycles. The molecule has 0 fully saturated rings. The van der Waals surface area contributed by atoms with E-state index in [4.69, 9.17) is 0 Å². The molecule has 0 aliphatic rings. The molecule has 0 saturated carbocycles. The van der Waals surface area contributed by atoms with Gasteiger partial charge in [-0.25, -0.2) is 13.1 Å². The molecule has 22 heavy (non-hydrogen) atoms. The fourth-order valence-corrected chi connectivity index (χ4v) is 3.49. The van der Waals surface area contributed by atoms with E-state index in [2.05, 4.69) is 26.0 Å². The third-order valence-electron chi connectivity index (χ3n) is 2.91. The van der Waals surface area contributed by atoms with Crippen molar-refractivity contribution in [3.05, 3.63) is 58.6 Å². The van der Waals surface area contributed by atoms with Crippen LogP contribution in [-0.4, -0.2) is 20.9 Å². The number of amides is 1. The van der Waals surface area contributed by atoms with Crippen LogP contribution in [0.15, 0.2) is 57.9 Å². The van der Waals surface area contributed by atoms with Crippen LogP contribution in [0.25, 0.3) is 0 Å². The van der Waals surface area contributed by atoms with Gasteiger partial charge in [-0.05, 0) is 36.8 Å². The van der Waals surface area contributed by atoms with Crippen molar-refractivity contribution in [1.29, 1.82) is 0 Å². The average Bonchev–Trinajstić information content (AvgIpc) is 2.45. The van der Waals surface area contributed by atoms with Crippen molar-refractivity contribution in [1.82, 2.24) is 4.72 Å². The largest absolute Gasteiger partial charge is 0.325 e. The predicted molar refractivity (Wildman–Crippen MR) is 89.1 cm³/mol. The van der Waals surface area contributed by atoms with Gasteiger partial charge < -0.3 is 5.32 Å². The fourth-order valence-electron chi connectivity index (χ4n) is 1.87. The number of hydrogen-bond donors (Lipinski definition) is 2. The number of carbonyl (C=O) groups is 1. The first kappa shape index (κ1) is 16.7. The lowest BCUT2D eigenvalue weighted by molar-refractivity contribution is -0.115. The summed E-state index contributed by atoms with van der Waals surface area (Å²) in [6, 6.07) is 13.7. The van der Waals surface area contributed by atoms with Gasteiger partial charge in [0.25, 0.3) is 0 Å². The molecule has 2 N–H and O–H groups in total. The summed E-state index contributed by atoms with van der Waals surface area (Å²) in [6.45, 7) is 1.37. The van der Waals surface area contributed by atoms with Gasteiger partial charge >= 0.3 is 0 Å². The van der Waals surface area contributed by atoms with E-state index in [-0.39, 0.29) is 11.4 Å². The van der Waals surface area contributed by atoms with Crippen LogP contribution in [0.3, 0.4) is 0 Å². The third-order valence-corrected chi connectivity index (χ3v) is 4.97. The molecule has 1 amide bonds. The molecule has 116 valence electrons. The van der Waals surface area contributed by atoms with Crippen LogP contribution in [-0.2, 0) is 14.8 Å². The first-order valence-corrected chi connectivity index (χ1v) is 8.77. The first-order valence-electron chi connectivity index (χ1n) is 6.49. The summed E-state index contributed by atoms with van der Waals surface area (Å²) < 4.78 is 27.5. The molecule has 0 unspecified atom stereocenters. The van der Waals surface area contributed by atoms with Crippen molar-refractivity contribution in [3.8, 4) is 0 Å². The minimum absolute atomic E-state index is 0.172. The number of anilines is 1. The van der Waals surface area contributed by atoms with Crippen LogP contribution in [0.4, 0.5) is 5.69 Å². The van der Waals surface area contributed by atoms with Crippen LogP contribution in [0.1, 0.15) is 5.56 Å². The van der Waals surface area contributed by atoms with E-state index >= 15 is 0 Å². The maximum absolute atomic E-state index is 12.2. The molecule has 7 heteroatoms. The number of carbonyl (C=O) groups excluding carboxylic acids is 1. The number of benzene rings is 2. The van der Waals surface area contributed by atoms with Gasteiger partial charge in [0.2, 0.25) is 15.9 Å². The SMILES string of the molecule is Cc1ccccc1S(=O)(=O)NCC(=O)Nc1cccc(Br)c1. The molecular formula is C15H15BrN2O3S. The summed E-state index contributed by atoms with van der Waals surface area (Å²) in [5, 5.41) is 2.63. The maximum Gasteiger partial charge on any atom is 0.241 e. The zero-order valence-corrected chi connectivity index (χ0v) is 14.2. The molecule has 0 radical (unpaired) electrons. The smallest absolute Gasteiger partial charge is 0.241 e. The Hall–Kier alpha value is -1.70. The van der Waals surface area contributed by atoms with Crippen molar-refractivity contribution in [2.45, 2.75) is 11.8 Å². The van der Waals surface area contributed by atoms with E-state index in [0.717, 1.165) is 4.47 Å². The topological polar surface area (TPSA) is 75.3 Å². The second-order valence-electron chi connectivity index (χ2n) is 4.65. The molecule has 0 aliphatic carbocycles. The quantitative estimate of drug-likeness (QED) is 0.834. The molecule has 0 aromatic heterocycles. The van der Waals surface area contributed by atoms with Gasteiger partial charge in [-0.1, -0.05) is 40.2 Å². The Balaban J connectivity index is 2.00. The molecule has 5 nitrogen and oxygen atoms in total. The second kappa shape index (κ2) is 7.04. The summed E-state index contributed by atoms with van der Waals surface area (Å²) in [5.41, 5.74) is 1.22. The van der Waals surface area contributed by atoms with Gasteiger partial charge in [0.05, 0.1) is 11.4 Å². The minimum atomic E-state index is -3.71. The lowest BCUT2D eigenvalue weighted by Gasteiger charge is -2.09. The Bertz CT molecular complexity index is 791. The molecule has 2 aromatic rings. The molecule has 0 spiro atoms. The summed E-state index contributed by atoms with van der Waals surface area (Å²) >= 11 is 3.30. The Kier molecular flexibility index (Phi) is 5.33. The highest BCUT2D eigenvalue weighted by atomic mass is 79.9. The van der Waals surface area contributed by atoms with Crippen molar-refractivity contribution in [2.24, 2.45) is 0 Å². The van der Waals surface area contributed by atoms with Crippen molar-refractivity contribution in [2.75, 3.05) is 11.9 Å². The van der Waals surface area contributed by atoms with Gasteiger partial charge in [-0.15, -0.1) is 0 Å². The maximum atomic E-state index is 12.2. The first-order chi connectivity index (χ1) is 10.4. The number of halogens is 1. The van der Waals surface area contributed by atoms with Gasteiger partial charge in [0, 0.05) is 10.2 Å². The Labute approximate surface area is 137 Å². The number of sulfonamides is 1. The molecule has 2 rings (SSSR count). The standard InChI is InChI=1S/C15H15BrN2O3S/c1-11-5-2-3-8-14(11)22(20,21)17-10-15(19)18-13-7-4-6-12(16)9-13/h2-9,17H,10H2,1H3,(H,18,19). The second-order valence-corrected chi connectivity index (χ2v) is 7.30. The van der Waals surface area contributed by atoms with Crippen LogP contribution >= 0.6 is 15.9 Å². The zero-order valence-electron chi connectivity index (χ0n) is 11.8. The van der Waals surface area contributed by atoms with Gasteiger partial charge in [0.15, 0.2) is 0 Å². The van der Waals surface area contributed by atoms with Crippen LogP contribution in [0, 0.1) is 6.92 Å². The summed E-state index contributed by atoms with van der Waals surface area (Å²) in [7, 11) is -3.71. The van der Waals surface area contributed by atoms with E-state index in [1.807, 2.05) is 6.07 Å². The Morgan fingerprint density at radius 1 is 1.14 bits per heavy atom. The van der Waals surface area contributed by atoms with Crippen LogP contribution in [0.2, 0.25) is 0 Å². The molecular weight excluding hydrogens is 368 g/mol. The molecule has 2 aromatic carbocycles. The number of hydrogen-bond acceptors (Lipinski definition) is 3. The lowest BCUT2D eigenvalue weighted by Crippen LogP contribution is -2.33. The number of nitrogens with one attached hydrogen (secondary N) is 2. The van der Waals surface area contributed by atoms with Crippen molar-refractivity contribution >= 4 is 37.5 Å². The van der Waals surface area contributed by atoms with E-state index in [0.29, 0.717) is 11.3 Å². The molecule has 0 heterocycles. The van der Waals surface area contributed by atoms with Crippen molar-refractivity contribution < 1.29 is 13.2 Å². The minimum Gasteiger partial charge on any atom is -0.325 e. The zero-order chi connectivity index (χ0) is 16.2. The summed E-state index contributed by atoms with van der Waals surface area (Å²) in [5.74, 6) is -0.435. The fraction of sp³-hybridized carbons (Fsp3) is 0.133. The van der Waals surface area contributed by atoms with Crippen LogP contribution < -0.4 is 10.0 Å². The molecule has 0 bridgehead atoms. The monoisotopic (exact) mass is 382 g/mol. The summed E-state index contributed by atoms with van der Waals surface area (Å²) in [4.78, 5) is 12.0. The normalized spacial score (nSPS) is 11.2. The van der Waals surface area contributed by atoms with E-state index in [1.54, 1.807) is 43.3 Å². The van der Waals surface area contributed by atoms with Gasteiger partial charge in [-0.2, -0.15) is 0 Å². The highest BCUT2D eigenvalue weighted by molar-refractivity contribution is 9.10. The highest BCUT2D eigenvalue weighted by Crippen LogP contribution is 2.16.